The van der Waals surface area contributed by atoms with Crippen LogP contribution in [0.15, 0.2) is 48.8 Å². The maximum atomic E-state index is 11.3. The second kappa shape index (κ2) is 5.82. The lowest BCUT2D eigenvalue weighted by molar-refractivity contribution is -0.131. The summed E-state index contributed by atoms with van der Waals surface area (Å²) in [5.74, 6) is 0.739. The summed E-state index contributed by atoms with van der Waals surface area (Å²) >= 11 is 1.38. The van der Waals surface area contributed by atoms with Crippen LogP contribution in [0.5, 0.6) is 5.75 Å². The van der Waals surface area contributed by atoms with E-state index in [1.165, 1.54) is 18.3 Å². The Hall–Kier alpha value is -3.13. The minimum atomic E-state index is -0.372. The molecule has 24 heavy (non-hydrogen) atoms. The molecule has 118 valence electrons. The Bertz CT molecular complexity index is 1030. The SMILES string of the molecule is CC(=O)Oc1ccccc1-c1nn2c(-c3ccncc3)nnc2s1. The maximum Gasteiger partial charge on any atom is 0.308 e. The number of pyridine rings is 1. The van der Waals surface area contributed by atoms with Crippen LogP contribution in [0, 0.1) is 0 Å². The molecule has 1 aromatic carbocycles. The second-order valence-corrected chi connectivity index (χ2v) is 5.91. The smallest absolute Gasteiger partial charge is 0.308 e. The lowest BCUT2D eigenvalue weighted by atomic mass is 10.2. The lowest BCUT2D eigenvalue weighted by Gasteiger charge is -2.05. The minimum Gasteiger partial charge on any atom is -0.426 e. The fraction of sp³-hybridized carbons (Fsp3) is 0.0625. The van der Waals surface area contributed by atoms with E-state index in [-0.39, 0.29) is 5.97 Å². The Labute approximate surface area is 140 Å². The first kappa shape index (κ1) is 14.5. The van der Waals surface area contributed by atoms with Crippen LogP contribution in [0.1, 0.15) is 6.92 Å². The Morgan fingerprint density at radius 3 is 2.71 bits per heavy atom. The molecule has 4 aromatic rings. The number of ether oxygens (including phenoxy) is 1. The van der Waals surface area contributed by atoms with Gasteiger partial charge >= 0.3 is 5.97 Å². The van der Waals surface area contributed by atoms with Crippen LogP contribution >= 0.6 is 11.3 Å². The third-order valence-corrected chi connectivity index (χ3v) is 4.23. The van der Waals surface area contributed by atoms with E-state index in [1.807, 2.05) is 30.3 Å². The topological polar surface area (TPSA) is 82.3 Å². The molecule has 0 unspecified atom stereocenters. The predicted molar refractivity (Wildman–Crippen MR) is 88.6 cm³/mol. The Balaban J connectivity index is 1.83. The highest BCUT2D eigenvalue weighted by molar-refractivity contribution is 7.19. The highest BCUT2D eigenvalue weighted by Crippen LogP contribution is 2.34. The zero-order valence-corrected chi connectivity index (χ0v) is 13.4. The van der Waals surface area contributed by atoms with Crippen molar-refractivity contribution in [3.8, 4) is 27.7 Å². The van der Waals surface area contributed by atoms with Crippen LogP contribution in [0.3, 0.4) is 0 Å². The average Bonchev–Trinajstić information content (AvgIpc) is 3.16. The van der Waals surface area contributed by atoms with Gasteiger partial charge < -0.3 is 4.74 Å². The first-order valence-electron chi connectivity index (χ1n) is 7.13. The van der Waals surface area contributed by atoms with Gasteiger partial charge in [-0.25, -0.2) is 0 Å². The van der Waals surface area contributed by atoms with Crippen molar-refractivity contribution in [3.63, 3.8) is 0 Å². The van der Waals surface area contributed by atoms with Crippen molar-refractivity contribution in [1.82, 2.24) is 24.8 Å². The first-order valence-corrected chi connectivity index (χ1v) is 7.94. The zero-order valence-electron chi connectivity index (χ0n) is 12.6. The van der Waals surface area contributed by atoms with E-state index >= 15 is 0 Å². The molecule has 0 aliphatic carbocycles. The van der Waals surface area contributed by atoms with Gasteiger partial charge in [-0.05, 0) is 24.3 Å². The number of benzene rings is 1. The number of fused-ring (bicyclic) bond motifs is 1. The summed E-state index contributed by atoms with van der Waals surface area (Å²) in [5.41, 5.74) is 1.62. The number of rotatable bonds is 3. The third-order valence-electron chi connectivity index (χ3n) is 3.30. The number of hydrogen-bond acceptors (Lipinski definition) is 7. The zero-order chi connectivity index (χ0) is 16.5. The quantitative estimate of drug-likeness (QED) is 0.422. The first-order chi connectivity index (χ1) is 11.7. The third kappa shape index (κ3) is 2.52. The highest BCUT2D eigenvalue weighted by Gasteiger charge is 2.17. The molecule has 0 bridgehead atoms. The van der Waals surface area contributed by atoms with Gasteiger partial charge in [0.25, 0.3) is 0 Å². The van der Waals surface area contributed by atoms with Crippen LogP contribution in [0.2, 0.25) is 0 Å². The van der Waals surface area contributed by atoms with Crippen LogP contribution in [0.4, 0.5) is 0 Å². The Kier molecular flexibility index (Phi) is 3.51. The molecule has 0 saturated heterocycles. The molecule has 0 amide bonds. The molecule has 0 radical (unpaired) electrons. The van der Waals surface area contributed by atoms with Crippen molar-refractivity contribution in [3.05, 3.63) is 48.8 Å². The van der Waals surface area contributed by atoms with E-state index in [2.05, 4.69) is 20.3 Å². The molecule has 8 heteroatoms. The normalized spacial score (nSPS) is 10.9. The molecule has 0 atom stereocenters. The number of esters is 1. The van der Waals surface area contributed by atoms with E-state index in [4.69, 9.17) is 4.74 Å². The number of nitrogens with zero attached hydrogens (tertiary/aromatic N) is 5. The predicted octanol–water partition coefficient (Wildman–Crippen LogP) is 2.84. The van der Waals surface area contributed by atoms with Crippen LogP contribution in [-0.4, -0.2) is 30.8 Å². The Morgan fingerprint density at radius 2 is 1.92 bits per heavy atom. The van der Waals surface area contributed by atoms with Gasteiger partial charge in [0.2, 0.25) is 4.96 Å². The van der Waals surface area contributed by atoms with Gasteiger partial charge in [0.15, 0.2) is 10.8 Å². The molecule has 0 spiro atoms. The minimum absolute atomic E-state index is 0.372. The molecule has 0 fully saturated rings. The monoisotopic (exact) mass is 337 g/mol. The average molecular weight is 337 g/mol. The number of aromatic nitrogens is 5. The van der Waals surface area contributed by atoms with Gasteiger partial charge in [0.1, 0.15) is 5.75 Å². The molecule has 0 aliphatic heterocycles. The van der Waals surface area contributed by atoms with Crippen LogP contribution in [0.25, 0.3) is 26.9 Å². The number of carbonyl (C=O) groups is 1. The van der Waals surface area contributed by atoms with Gasteiger partial charge in [-0.15, -0.1) is 10.2 Å². The van der Waals surface area contributed by atoms with Gasteiger partial charge in [-0.2, -0.15) is 9.61 Å². The van der Waals surface area contributed by atoms with Gasteiger partial charge in [-0.3, -0.25) is 9.78 Å². The van der Waals surface area contributed by atoms with Crippen molar-refractivity contribution < 1.29 is 9.53 Å². The fourth-order valence-electron chi connectivity index (χ4n) is 2.29. The molecule has 4 rings (SSSR count). The number of para-hydroxylation sites is 1. The number of carbonyl (C=O) groups excluding carboxylic acids is 1. The molecule has 0 N–H and O–H groups in total. The van der Waals surface area contributed by atoms with Crippen molar-refractivity contribution in [1.29, 1.82) is 0 Å². The molecular formula is C16H11N5O2S. The van der Waals surface area contributed by atoms with E-state index in [0.717, 1.165) is 11.1 Å². The standard InChI is InChI=1S/C16H11N5O2S/c1-10(22)23-13-5-3-2-4-12(13)15-20-21-14(18-19-16(21)24-15)11-6-8-17-9-7-11/h2-9H,1H3. The maximum absolute atomic E-state index is 11.3. The summed E-state index contributed by atoms with van der Waals surface area (Å²) in [6, 6.07) is 11.0. The molecule has 3 aromatic heterocycles. The summed E-state index contributed by atoms with van der Waals surface area (Å²) in [4.78, 5) is 16.0. The Morgan fingerprint density at radius 1 is 1.12 bits per heavy atom. The van der Waals surface area contributed by atoms with E-state index in [0.29, 0.717) is 21.5 Å². The molecule has 3 heterocycles. The molecule has 0 saturated carbocycles. The summed E-state index contributed by atoms with van der Waals surface area (Å²) in [5, 5.41) is 13.6. The lowest BCUT2D eigenvalue weighted by Crippen LogP contribution is -2.02. The summed E-state index contributed by atoms with van der Waals surface area (Å²) in [6.07, 6.45) is 3.39. The van der Waals surface area contributed by atoms with E-state index < -0.39 is 0 Å². The number of hydrogen-bond donors (Lipinski definition) is 0. The summed E-state index contributed by atoms with van der Waals surface area (Å²) in [6.45, 7) is 1.37. The largest absolute Gasteiger partial charge is 0.426 e. The van der Waals surface area contributed by atoms with E-state index in [1.54, 1.807) is 23.0 Å². The summed E-state index contributed by atoms with van der Waals surface area (Å²) < 4.78 is 6.94. The molecule has 7 nitrogen and oxygen atoms in total. The fourth-order valence-corrected chi connectivity index (χ4v) is 3.16. The second-order valence-electron chi connectivity index (χ2n) is 4.95. The van der Waals surface area contributed by atoms with Crippen molar-refractivity contribution in [2.24, 2.45) is 0 Å². The molecular weight excluding hydrogens is 326 g/mol. The van der Waals surface area contributed by atoms with E-state index in [9.17, 15) is 4.79 Å². The van der Waals surface area contributed by atoms with Crippen molar-refractivity contribution in [2.75, 3.05) is 0 Å². The van der Waals surface area contributed by atoms with Crippen molar-refractivity contribution in [2.45, 2.75) is 6.92 Å². The van der Waals surface area contributed by atoms with Crippen LogP contribution in [-0.2, 0) is 4.79 Å². The van der Waals surface area contributed by atoms with Crippen molar-refractivity contribution >= 4 is 22.3 Å². The van der Waals surface area contributed by atoms with Gasteiger partial charge in [0.05, 0.1) is 5.56 Å². The van der Waals surface area contributed by atoms with Crippen LogP contribution < -0.4 is 4.74 Å². The van der Waals surface area contributed by atoms with Gasteiger partial charge in [-0.1, -0.05) is 23.5 Å². The van der Waals surface area contributed by atoms with Gasteiger partial charge in [0, 0.05) is 24.9 Å². The molecule has 0 aliphatic rings. The highest BCUT2D eigenvalue weighted by atomic mass is 32.1. The summed E-state index contributed by atoms with van der Waals surface area (Å²) in [7, 11) is 0.